The van der Waals surface area contributed by atoms with Gasteiger partial charge in [0.15, 0.2) is 0 Å². The van der Waals surface area contributed by atoms with Gasteiger partial charge in [0.2, 0.25) is 5.91 Å². The minimum atomic E-state index is 0.0151. The minimum Gasteiger partial charge on any atom is -0.326 e. The molecule has 1 fully saturated rings. The second-order valence-corrected chi connectivity index (χ2v) is 6.39. The normalized spacial score (nSPS) is 15.9. The molecule has 5 nitrogen and oxygen atoms in total. The molecular formula is C16H18N4OS. The third-order valence-corrected chi connectivity index (χ3v) is 4.67. The van der Waals surface area contributed by atoms with E-state index < -0.39 is 0 Å². The molecule has 1 aliphatic rings. The molecule has 114 valence electrons. The van der Waals surface area contributed by atoms with E-state index in [1.165, 1.54) is 11.8 Å². The molecule has 1 unspecified atom stereocenters. The second kappa shape index (κ2) is 6.89. The maximum absolute atomic E-state index is 12.2. The molecule has 1 saturated heterocycles. The highest BCUT2D eigenvalue weighted by Gasteiger charge is 2.28. The fourth-order valence-electron chi connectivity index (χ4n) is 2.19. The van der Waals surface area contributed by atoms with E-state index in [-0.39, 0.29) is 11.8 Å². The van der Waals surface area contributed by atoms with Gasteiger partial charge in [-0.1, -0.05) is 24.8 Å². The third kappa shape index (κ3) is 3.64. The van der Waals surface area contributed by atoms with Crippen LogP contribution in [0.15, 0.2) is 52.8 Å². The van der Waals surface area contributed by atoms with Crippen molar-refractivity contribution in [2.45, 2.75) is 17.0 Å². The molecule has 3 heterocycles. The van der Waals surface area contributed by atoms with Crippen LogP contribution in [0.1, 0.15) is 6.92 Å². The van der Waals surface area contributed by atoms with E-state index >= 15 is 0 Å². The zero-order chi connectivity index (χ0) is 15.4. The minimum absolute atomic E-state index is 0.0151. The Bertz CT molecular complexity index is 646. The van der Waals surface area contributed by atoms with Gasteiger partial charge in [0.25, 0.3) is 0 Å². The largest absolute Gasteiger partial charge is 0.326 e. The molecule has 0 aromatic carbocycles. The van der Waals surface area contributed by atoms with Crippen LogP contribution in [-0.4, -0.2) is 29.0 Å². The molecule has 1 atom stereocenters. The molecule has 0 aliphatic carbocycles. The van der Waals surface area contributed by atoms with Crippen molar-refractivity contribution in [3.05, 3.63) is 42.7 Å². The second-order valence-electron chi connectivity index (χ2n) is 5.35. The molecule has 1 aliphatic heterocycles. The van der Waals surface area contributed by atoms with Crippen LogP contribution in [0.5, 0.6) is 0 Å². The summed E-state index contributed by atoms with van der Waals surface area (Å²) in [4.78, 5) is 20.8. The first kappa shape index (κ1) is 15.0. The molecule has 1 amide bonds. The maximum Gasteiger partial charge on any atom is 0.227 e. The van der Waals surface area contributed by atoms with Gasteiger partial charge in [0, 0.05) is 24.0 Å². The van der Waals surface area contributed by atoms with Crippen molar-refractivity contribution in [2.75, 3.05) is 18.4 Å². The molecule has 6 heteroatoms. The number of hydrogen-bond donors (Lipinski definition) is 2. The average molecular weight is 314 g/mol. The summed E-state index contributed by atoms with van der Waals surface area (Å²) in [5.74, 6) is 0.511. The lowest BCUT2D eigenvalue weighted by Gasteiger charge is -2.31. The number of aromatic nitrogens is 2. The molecule has 3 rings (SSSR count). The first-order valence-electron chi connectivity index (χ1n) is 7.29. The van der Waals surface area contributed by atoms with Gasteiger partial charge in [0.05, 0.1) is 0 Å². The molecule has 2 aromatic heterocycles. The zero-order valence-corrected chi connectivity index (χ0v) is 13.1. The first-order valence-corrected chi connectivity index (χ1v) is 8.10. The van der Waals surface area contributed by atoms with E-state index in [1.807, 2.05) is 37.3 Å². The van der Waals surface area contributed by atoms with Crippen LogP contribution >= 0.6 is 11.8 Å². The highest BCUT2D eigenvalue weighted by Crippen LogP contribution is 2.26. The number of rotatable bonds is 5. The Balaban J connectivity index is 1.64. The Morgan fingerprint density at radius 1 is 1.27 bits per heavy atom. The fraction of sp³-hybridized carbons (Fsp3) is 0.312. The summed E-state index contributed by atoms with van der Waals surface area (Å²) >= 11 is 1.48. The summed E-state index contributed by atoms with van der Waals surface area (Å²) in [5, 5.41) is 7.87. The zero-order valence-electron chi connectivity index (χ0n) is 12.3. The summed E-state index contributed by atoms with van der Waals surface area (Å²) in [7, 11) is 0. The lowest BCUT2D eigenvalue weighted by atomic mass is 9.88. The quantitative estimate of drug-likeness (QED) is 0.887. The lowest BCUT2D eigenvalue weighted by molar-refractivity contribution is -0.121. The Morgan fingerprint density at radius 2 is 2.09 bits per heavy atom. The van der Waals surface area contributed by atoms with Gasteiger partial charge in [-0.3, -0.25) is 4.79 Å². The SMILES string of the molecule is CC(C(=O)Nc1ccnc(Sc2ccccn2)c1)C1CNC1. The summed E-state index contributed by atoms with van der Waals surface area (Å²) in [6.45, 7) is 3.82. The topological polar surface area (TPSA) is 66.9 Å². The molecule has 0 spiro atoms. The van der Waals surface area contributed by atoms with Gasteiger partial charge >= 0.3 is 0 Å². The van der Waals surface area contributed by atoms with Gasteiger partial charge in [-0.05, 0) is 43.3 Å². The van der Waals surface area contributed by atoms with E-state index in [0.717, 1.165) is 28.8 Å². The number of amides is 1. The van der Waals surface area contributed by atoms with Crippen molar-refractivity contribution in [1.29, 1.82) is 0 Å². The van der Waals surface area contributed by atoms with E-state index in [9.17, 15) is 4.79 Å². The maximum atomic E-state index is 12.2. The molecule has 2 N–H and O–H groups in total. The smallest absolute Gasteiger partial charge is 0.227 e. The number of hydrogen-bond acceptors (Lipinski definition) is 5. The Hall–Kier alpha value is -1.92. The van der Waals surface area contributed by atoms with E-state index in [4.69, 9.17) is 0 Å². The van der Waals surface area contributed by atoms with Crippen LogP contribution in [0.3, 0.4) is 0 Å². The predicted octanol–water partition coefficient (Wildman–Crippen LogP) is 2.42. The van der Waals surface area contributed by atoms with Crippen molar-refractivity contribution in [2.24, 2.45) is 11.8 Å². The lowest BCUT2D eigenvalue weighted by Crippen LogP contribution is -2.48. The van der Waals surface area contributed by atoms with Crippen LogP contribution in [0, 0.1) is 11.8 Å². The molecule has 22 heavy (non-hydrogen) atoms. The van der Waals surface area contributed by atoms with Gasteiger partial charge < -0.3 is 10.6 Å². The van der Waals surface area contributed by atoms with Crippen LogP contribution in [0.4, 0.5) is 5.69 Å². The summed E-state index contributed by atoms with van der Waals surface area (Å²) < 4.78 is 0. The number of carbonyl (C=O) groups excluding carboxylic acids is 1. The van der Waals surface area contributed by atoms with E-state index in [1.54, 1.807) is 12.4 Å². The monoisotopic (exact) mass is 314 g/mol. The van der Waals surface area contributed by atoms with Crippen molar-refractivity contribution in [3.63, 3.8) is 0 Å². The highest BCUT2D eigenvalue weighted by molar-refractivity contribution is 7.99. The Morgan fingerprint density at radius 3 is 2.77 bits per heavy atom. The van der Waals surface area contributed by atoms with E-state index in [2.05, 4.69) is 20.6 Å². The molecule has 0 radical (unpaired) electrons. The summed E-state index contributed by atoms with van der Waals surface area (Å²) in [6, 6.07) is 9.44. The van der Waals surface area contributed by atoms with Crippen LogP contribution < -0.4 is 10.6 Å². The standard InChI is InChI=1S/C16H18N4OS/c1-11(12-9-17-10-12)16(21)20-13-5-7-19-15(8-13)22-14-4-2-3-6-18-14/h2-8,11-12,17H,9-10H2,1H3,(H,19,20,21). The average Bonchev–Trinajstić information content (AvgIpc) is 2.47. The van der Waals surface area contributed by atoms with Crippen molar-refractivity contribution in [3.8, 4) is 0 Å². The number of pyridine rings is 2. The van der Waals surface area contributed by atoms with Crippen molar-refractivity contribution < 1.29 is 4.79 Å². The summed E-state index contributed by atoms with van der Waals surface area (Å²) in [6.07, 6.45) is 3.46. The number of nitrogens with one attached hydrogen (secondary N) is 2. The highest BCUT2D eigenvalue weighted by atomic mass is 32.2. The summed E-state index contributed by atoms with van der Waals surface area (Å²) in [5.41, 5.74) is 0.776. The molecular weight excluding hydrogens is 296 g/mol. The molecule has 0 bridgehead atoms. The Labute approximate surface area is 133 Å². The van der Waals surface area contributed by atoms with Crippen LogP contribution in [0.2, 0.25) is 0 Å². The van der Waals surface area contributed by atoms with Gasteiger partial charge in [-0.15, -0.1) is 0 Å². The molecule has 2 aromatic rings. The van der Waals surface area contributed by atoms with Gasteiger partial charge in [0.1, 0.15) is 10.1 Å². The fourth-order valence-corrected chi connectivity index (χ4v) is 2.97. The first-order chi connectivity index (χ1) is 10.7. The van der Waals surface area contributed by atoms with Crippen LogP contribution in [0.25, 0.3) is 0 Å². The van der Waals surface area contributed by atoms with Crippen molar-refractivity contribution in [1.82, 2.24) is 15.3 Å². The van der Waals surface area contributed by atoms with Crippen LogP contribution in [-0.2, 0) is 4.79 Å². The predicted molar refractivity (Wildman–Crippen MR) is 86.8 cm³/mol. The molecule has 0 saturated carbocycles. The third-order valence-electron chi connectivity index (χ3n) is 3.78. The van der Waals surface area contributed by atoms with Crippen molar-refractivity contribution >= 4 is 23.4 Å². The Kier molecular flexibility index (Phi) is 4.70. The van der Waals surface area contributed by atoms with Gasteiger partial charge in [-0.25, -0.2) is 9.97 Å². The number of carbonyl (C=O) groups is 1. The number of anilines is 1. The van der Waals surface area contributed by atoms with E-state index in [0.29, 0.717) is 5.92 Å². The van der Waals surface area contributed by atoms with Gasteiger partial charge in [-0.2, -0.15) is 0 Å². The number of nitrogens with zero attached hydrogens (tertiary/aromatic N) is 2.